The van der Waals surface area contributed by atoms with Gasteiger partial charge in [-0.05, 0) is 24.6 Å². The first-order chi connectivity index (χ1) is 7.58. The molecule has 0 aliphatic carbocycles. The number of nitrogens with zero attached hydrogens (tertiary/aromatic N) is 1. The summed E-state index contributed by atoms with van der Waals surface area (Å²) in [6, 6.07) is 4.27. The number of carbonyl (C=O) groups excluding carboxylic acids is 1. The summed E-state index contributed by atoms with van der Waals surface area (Å²) in [5.41, 5.74) is 6.09. The van der Waals surface area contributed by atoms with Crippen molar-refractivity contribution in [3.05, 3.63) is 24.0 Å². The highest BCUT2D eigenvalue weighted by Crippen LogP contribution is 2.33. The van der Waals surface area contributed by atoms with E-state index in [9.17, 15) is 9.18 Å². The van der Waals surface area contributed by atoms with Gasteiger partial charge in [-0.25, -0.2) is 4.39 Å². The van der Waals surface area contributed by atoms with Crippen molar-refractivity contribution in [3.63, 3.8) is 0 Å². The average Bonchev–Trinajstić information content (AvgIpc) is 2.54. The van der Waals surface area contributed by atoms with Gasteiger partial charge in [-0.15, -0.1) is 11.8 Å². The Balaban J connectivity index is 2.12. The molecule has 1 saturated heterocycles. The Morgan fingerprint density at radius 2 is 2.31 bits per heavy atom. The molecule has 16 heavy (non-hydrogen) atoms. The molecule has 1 fully saturated rings. The third-order valence-corrected chi connectivity index (χ3v) is 3.97. The highest BCUT2D eigenvalue weighted by atomic mass is 32.2. The quantitative estimate of drug-likeness (QED) is 0.801. The number of hydrogen-bond acceptors (Lipinski definition) is 3. The molecule has 1 atom stereocenters. The zero-order chi connectivity index (χ0) is 11.7. The number of anilines is 1. The number of rotatable bonds is 2. The lowest BCUT2D eigenvalue weighted by Gasteiger charge is -2.11. The summed E-state index contributed by atoms with van der Waals surface area (Å²) in [7, 11) is 1.79. The molecule has 2 rings (SSSR count). The van der Waals surface area contributed by atoms with Crippen LogP contribution in [0.15, 0.2) is 23.1 Å². The minimum absolute atomic E-state index is 0.0854. The van der Waals surface area contributed by atoms with Crippen molar-refractivity contribution in [1.82, 2.24) is 4.90 Å². The maximum absolute atomic E-state index is 12.8. The van der Waals surface area contributed by atoms with Crippen LogP contribution in [0.5, 0.6) is 0 Å². The van der Waals surface area contributed by atoms with E-state index in [2.05, 4.69) is 0 Å². The van der Waals surface area contributed by atoms with Gasteiger partial charge in [0, 0.05) is 24.2 Å². The highest BCUT2D eigenvalue weighted by Gasteiger charge is 2.30. The summed E-state index contributed by atoms with van der Waals surface area (Å²) in [5.74, 6) is -0.231. The van der Waals surface area contributed by atoms with Gasteiger partial charge in [-0.3, -0.25) is 4.79 Å². The van der Waals surface area contributed by atoms with Crippen molar-refractivity contribution in [3.8, 4) is 0 Å². The molecule has 86 valence electrons. The van der Waals surface area contributed by atoms with E-state index >= 15 is 0 Å². The van der Waals surface area contributed by atoms with Crippen LogP contribution >= 0.6 is 11.8 Å². The van der Waals surface area contributed by atoms with Crippen molar-refractivity contribution in [1.29, 1.82) is 0 Å². The number of amides is 1. The van der Waals surface area contributed by atoms with Crippen LogP contribution in [0.3, 0.4) is 0 Å². The van der Waals surface area contributed by atoms with Gasteiger partial charge < -0.3 is 10.6 Å². The molecule has 2 N–H and O–H groups in total. The number of thioether (sulfide) groups is 1. The molecule has 0 saturated carbocycles. The number of nitrogens with two attached hydrogens (primary N) is 1. The molecule has 1 unspecified atom stereocenters. The number of carbonyl (C=O) groups is 1. The van der Waals surface area contributed by atoms with Crippen molar-refractivity contribution in [2.24, 2.45) is 0 Å². The maximum atomic E-state index is 12.8. The van der Waals surface area contributed by atoms with Gasteiger partial charge in [0.05, 0.1) is 5.25 Å². The van der Waals surface area contributed by atoms with E-state index in [0.29, 0.717) is 5.69 Å². The van der Waals surface area contributed by atoms with Crippen molar-refractivity contribution >= 4 is 23.4 Å². The normalized spacial score (nSPS) is 20.5. The lowest BCUT2D eigenvalue weighted by molar-refractivity contribution is -0.126. The molecule has 0 radical (unpaired) electrons. The SMILES string of the molecule is CN1CCC(Sc2ccc(F)cc2N)C1=O. The summed E-state index contributed by atoms with van der Waals surface area (Å²) in [6.07, 6.45) is 0.816. The monoisotopic (exact) mass is 240 g/mol. The van der Waals surface area contributed by atoms with Crippen molar-refractivity contribution in [2.75, 3.05) is 19.3 Å². The molecule has 1 aromatic rings. The summed E-state index contributed by atoms with van der Waals surface area (Å²) in [6.45, 7) is 0.775. The first-order valence-corrected chi connectivity index (χ1v) is 5.92. The third kappa shape index (κ3) is 2.14. The minimum atomic E-state index is -0.350. The Bertz CT molecular complexity index is 424. The summed E-state index contributed by atoms with van der Waals surface area (Å²) in [5, 5.41) is -0.0854. The first kappa shape index (κ1) is 11.3. The third-order valence-electron chi connectivity index (χ3n) is 2.62. The van der Waals surface area contributed by atoms with E-state index < -0.39 is 0 Å². The molecule has 3 nitrogen and oxygen atoms in total. The molecular formula is C11H13FN2OS. The summed E-state index contributed by atoms with van der Waals surface area (Å²) in [4.78, 5) is 14.2. The average molecular weight is 240 g/mol. The predicted molar refractivity (Wildman–Crippen MR) is 62.7 cm³/mol. The minimum Gasteiger partial charge on any atom is -0.398 e. The molecule has 0 bridgehead atoms. The number of halogens is 1. The van der Waals surface area contributed by atoms with E-state index in [1.807, 2.05) is 0 Å². The standard InChI is InChI=1S/C11H13FN2OS/c1-14-5-4-10(11(14)15)16-9-3-2-7(12)6-8(9)13/h2-3,6,10H,4-5,13H2,1H3. The molecular weight excluding hydrogens is 227 g/mol. The topological polar surface area (TPSA) is 46.3 Å². The molecule has 1 aromatic carbocycles. The van der Waals surface area contributed by atoms with Crippen LogP contribution in [0.2, 0.25) is 0 Å². The Labute approximate surface area is 97.8 Å². The predicted octanol–water partition coefficient (Wildman–Crippen LogP) is 1.73. The lowest BCUT2D eigenvalue weighted by Crippen LogP contribution is -2.23. The van der Waals surface area contributed by atoms with E-state index in [1.165, 1.54) is 23.9 Å². The number of nitrogen functional groups attached to an aromatic ring is 1. The van der Waals surface area contributed by atoms with Gasteiger partial charge in [0.1, 0.15) is 5.82 Å². The van der Waals surface area contributed by atoms with Gasteiger partial charge in [0.15, 0.2) is 0 Å². The van der Waals surface area contributed by atoms with Crippen LogP contribution < -0.4 is 5.73 Å². The first-order valence-electron chi connectivity index (χ1n) is 5.04. The second-order valence-electron chi connectivity index (χ2n) is 3.84. The molecule has 5 heteroatoms. The fraction of sp³-hybridized carbons (Fsp3) is 0.364. The molecule has 0 aromatic heterocycles. The van der Waals surface area contributed by atoms with Crippen LogP contribution in [-0.4, -0.2) is 29.6 Å². The van der Waals surface area contributed by atoms with Gasteiger partial charge in [0.2, 0.25) is 5.91 Å². The van der Waals surface area contributed by atoms with Crippen LogP contribution in [-0.2, 0) is 4.79 Å². The maximum Gasteiger partial charge on any atom is 0.235 e. The van der Waals surface area contributed by atoms with Gasteiger partial charge in [-0.1, -0.05) is 0 Å². The lowest BCUT2D eigenvalue weighted by atomic mass is 10.3. The zero-order valence-corrected chi connectivity index (χ0v) is 9.76. The Morgan fingerprint density at radius 3 is 2.88 bits per heavy atom. The Kier molecular flexibility index (Phi) is 3.05. The van der Waals surface area contributed by atoms with Crippen LogP contribution in [0.25, 0.3) is 0 Å². The van der Waals surface area contributed by atoms with Crippen LogP contribution in [0.4, 0.5) is 10.1 Å². The molecule has 1 amide bonds. The van der Waals surface area contributed by atoms with E-state index in [4.69, 9.17) is 5.73 Å². The van der Waals surface area contributed by atoms with Crippen LogP contribution in [0, 0.1) is 5.82 Å². The van der Waals surface area contributed by atoms with Gasteiger partial charge >= 0.3 is 0 Å². The van der Waals surface area contributed by atoms with Crippen molar-refractivity contribution in [2.45, 2.75) is 16.6 Å². The van der Waals surface area contributed by atoms with Gasteiger partial charge in [0.25, 0.3) is 0 Å². The Hall–Kier alpha value is -1.23. The zero-order valence-electron chi connectivity index (χ0n) is 8.94. The molecule has 1 heterocycles. The molecule has 1 aliphatic heterocycles. The number of benzene rings is 1. The van der Waals surface area contributed by atoms with Crippen molar-refractivity contribution < 1.29 is 9.18 Å². The fourth-order valence-corrected chi connectivity index (χ4v) is 2.83. The summed E-state index contributed by atoms with van der Waals surface area (Å²) < 4.78 is 12.8. The van der Waals surface area contributed by atoms with E-state index in [1.54, 1.807) is 18.0 Å². The van der Waals surface area contributed by atoms with Crippen LogP contribution in [0.1, 0.15) is 6.42 Å². The second-order valence-corrected chi connectivity index (χ2v) is 5.08. The number of likely N-dealkylation sites (tertiary alicyclic amines) is 1. The second kappa shape index (κ2) is 4.33. The largest absolute Gasteiger partial charge is 0.398 e. The fourth-order valence-electron chi connectivity index (χ4n) is 1.68. The smallest absolute Gasteiger partial charge is 0.235 e. The number of hydrogen-bond donors (Lipinski definition) is 1. The molecule has 1 aliphatic rings. The molecule has 0 spiro atoms. The van der Waals surface area contributed by atoms with E-state index in [-0.39, 0.29) is 17.0 Å². The van der Waals surface area contributed by atoms with Gasteiger partial charge in [-0.2, -0.15) is 0 Å². The van der Waals surface area contributed by atoms with E-state index in [0.717, 1.165) is 17.9 Å². The summed E-state index contributed by atoms with van der Waals surface area (Å²) >= 11 is 1.42. The Morgan fingerprint density at radius 1 is 1.56 bits per heavy atom. The highest BCUT2D eigenvalue weighted by molar-refractivity contribution is 8.00.